The predicted molar refractivity (Wildman–Crippen MR) is 108 cm³/mol. The van der Waals surface area contributed by atoms with Gasteiger partial charge in [-0.25, -0.2) is 9.78 Å². The van der Waals surface area contributed by atoms with Crippen molar-refractivity contribution >= 4 is 28.9 Å². The summed E-state index contributed by atoms with van der Waals surface area (Å²) < 4.78 is 48.8. The second kappa shape index (κ2) is 9.61. The van der Waals surface area contributed by atoms with Gasteiger partial charge < -0.3 is 14.8 Å². The number of nitrogens with zero attached hydrogens (tertiary/aromatic N) is 1. The van der Waals surface area contributed by atoms with Crippen LogP contribution in [0.25, 0.3) is 0 Å². The average molecular weight is 450 g/mol. The monoisotopic (exact) mass is 450 g/mol. The summed E-state index contributed by atoms with van der Waals surface area (Å²) in [6.45, 7) is 1.47. The highest BCUT2D eigenvalue weighted by molar-refractivity contribution is 7.09. The number of aryl methyl sites for hydroxylation is 1. The number of nitrogens with one attached hydrogen (secondary N) is 1. The highest BCUT2D eigenvalue weighted by atomic mass is 32.1. The average Bonchev–Trinajstić information content (AvgIpc) is 3.15. The van der Waals surface area contributed by atoms with E-state index in [9.17, 15) is 22.8 Å². The molecule has 3 aromatic rings. The molecule has 0 bridgehead atoms. The summed E-state index contributed by atoms with van der Waals surface area (Å²) in [5, 5.41) is 5.05. The molecule has 6 nitrogen and oxygen atoms in total. The van der Waals surface area contributed by atoms with E-state index in [0.29, 0.717) is 5.75 Å². The van der Waals surface area contributed by atoms with Crippen LogP contribution in [-0.2, 0) is 22.3 Å². The highest BCUT2D eigenvalue weighted by Crippen LogP contribution is 2.30. The van der Waals surface area contributed by atoms with Crippen molar-refractivity contribution in [3.63, 3.8) is 0 Å². The number of thiazole rings is 1. The van der Waals surface area contributed by atoms with E-state index in [1.54, 1.807) is 12.1 Å². The molecule has 0 aliphatic heterocycles. The van der Waals surface area contributed by atoms with Gasteiger partial charge in [0.2, 0.25) is 0 Å². The Labute approximate surface area is 179 Å². The topological polar surface area (TPSA) is 77.5 Å². The number of benzene rings is 2. The van der Waals surface area contributed by atoms with Crippen LogP contribution in [0.1, 0.15) is 26.6 Å². The van der Waals surface area contributed by atoms with E-state index in [4.69, 9.17) is 9.47 Å². The summed E-state index contributed by atoms with van der Waals surface area (Å²) in [7, 11) is 0. The van der Waals surface area contributed by atoms with Crippen molar-refractivity contribution in [1.29, 1.82) is 0 Å². The number of carbonyl (C=O) groups is 2. The van der Waals surface area contributed by atoms with E-state index in [-0.39, 0.29) is 17.9 Å². The molecule has 0 atom stereocenters. The van der Waals surface area contributed by atoms with E-state index in [1.807, 2.05) is 12.3 Å². The molecular formula is C21H17F3N2O4S. The third-order valence-corrected chi connectivity index (χ3v) is 4.75. The van der Waals surface area contributed by atoms with E-state index in [0.717, 1.165) is 22.8 Å². The highest BCUT2D eigenvalue weighted by Gasteiger charge is 2.30. The van der Waals surface area contributed by atoms with Crippen molar-refractivity contribution < 1.29 is 32.2 Å². The quantitative estimate of drug-likeness (QED) is 0.521. The van der Waals surface area contributed by atoms with Crippen LogP contribution in [0.5, 0.6) is 5.75 Å². The summed E-state index contributed by atoms with van der Waals surface area (Å²) in [6, 6.07) is 10.4. The molecule has 0 aliphatic rings. The van der Waals surface area contributed by atoms with E-state index in [2.05, 4.69) is 10.3 Å². The van der Waals surface area contributed by atoms with Crippen molar-refractivity contribution in [3.05, 3.63) is 75.7 Å². The van der Waals surface area contributed by atoms with Crippen molar-refractivity contribution in [2.75, 3.05) is 11.9 Å². The zero-order valence-corrected chi connectivity index (χ0v) is 17.0. The lowest BCUT2D eigenvalue weighted by Crippen LogP contribution is -2.21. The summed E-state index contributed by atoms with van der Waals surface area (Å²) in [5.41, 5.74) is -0.0176. The molecule has 2 aromatic carbocycles. The van der Waals surface area contributed by atoms with Gasteiger partial charge in [0.25, 0.3) is 5.91 Å². The fourth-order valence-electron chi connectivity index (χ4n) is 2.53. The first-order valence-electron chi connectivity index (χ1n) is 8.99. The molecule has 162 valence electrons. The maximum absolute atomic E-state index is 12.7. The predicted octanol–water partition coefficient (Wildman–Crippen LogP) is 4.84. The Balaban J connectivity index is 1.52. The Hall–Kier alpha value is -3.40. The van der Waals surface area contributed by atoms with E-state index >= 15 is 0 Å². The second-order valence-corrected chi connectivity index (χ2v) is 7.44. The number of amides is 1. The van der Waals surface area contributed by atoms with Crippen LogP contribution in [0.2, 0.25) is 0 Å². The number of anilines is 1. The summed E-state index contributed by atoms with van der Waals surface area (Å²) in [5.74, 6) is -1.11. The molecule has 0 aliphatic carbocycles. The molecule has 1 amide bonds. The van der Waals surface area contributed by atoms with Gasteiger partial charge in [0.1, 0.15) is 12.4 Å². The number of aromatic nitrogens is 1. The molecule has 10 heteroatoms. The van der Waals surface area contributed by atoms with Gasteiger partial charge in [0.15, 0.2) is 6.61 Å². The van der Waals surface area contributed by atoms with Gasteiger partial charge in [0, 0.05) is 11.1 Å². The Bertz CT molecular complexity index is 1080. The van der Waals surface area contributed by atoms with Crippen LogP contribution in [0.15, 0.2) is 53.9 Å². The molecule has 1 aromatic heterocycles. The third kappa shape index (κ3) is 6.54. The Morgan fingerprint density at radius 3 is 2.61 bits per heavy atom. The maximum Gasteiger partial charge on any atom is 0.416 e. The van der Waals surface area contributed by atoms with Gasteiger partial charge in [-0.1, -0.05) is 12.1 Å². The lowest BCUT2D eigenvalue weighted by Gasteiger charge is -2.10. The first-order chi connectivity index (χ1) is 14.7. The van der Waals surface area contributed by atoms with Gasteiger partial charge in [-0.05, 0) is 43.3 Å². The number of rotatable bonds is 7. The number of halogens is 3. The van der Waals surface area contributed by atoms with Gasteiger partial charge >= 0.3 is 12.1 Å². The number of hydrogen-bond acceptors (Lipinski definition) is 6. The van der Waals surface area contributed by atoms with Crippen molar-refractivity contribution in [3.8, 4) is 5.75 Å². The SMILES string of the molecule is Cc1nc(COc2cccc(C(=O)OCC(=O)Nc3cccc(C(F)(F)F)c3)c2)cs1. The van der Waals surface area contributed by atoms with Gasteiger partial charge in [0.05, 0.1) is 21.8 Å². The van der Waals surface area contributed by atoms with Gasteiger partial charge in [-0.15, -0.1) is 11.3 Å². The fourth-order valence-corrected chi connectivity index (χ4v) is 3.13. The first-order valence-corrected chi connectivity index (χ1v) is 9.87. The number of carbonyl (C=O) groups excluding carboxylic acids is 2. The Morgan fingerprint density at radius 1 is 1.13 bits per heavy atom. The lowest BCUT2D eigenvalue weighted by molar-refractivity contribution is -0.137. The van der Waals surface area contributed by atoms with E-state index < -0.39 is 30.2 Å². The third-order valence-electron chi connectivity index (χ3n) is 3.93. The molecule has 0 radical (unpaired) electrons. The van der Waals surface area contributed by atoms with Crippen molar-refractivity contribution in [2.24, 2.45) is 0 Å². The molecule has 1 N–H and O–H groups in total. The number of esters is 1. The minimum Gasteiger partial charge on any atom is -0.487 e. The van der Waals surface area contributed by atoms with Crippen LogP contribution in [0.3, 0.4) is 0 Å². The fraction of sp³-hybridized carbons (Fsp3) is 0.190. The zero-order valence-electron chi connectivity index (χ0n) is 16.2. The normalized spacial score (nSPS) is 11.1. The molecule has 0 saturated heterocycles. The minimum atomic E-state index is -4.53. The Morgan fingerprint density at radius 2 is 1.90 bits per heavy atom. The maximum atomic E-state index is 12.7. The largest absolute Gasteiger partial charge is 0.487 e. The molecule has 3 rings (SSSR count). The molecular weight excluding hydrogens is 433 g/mol. The van der Waals surface area contributed by atoms with Crippen molar-refractivity contribution in [2.45, 2.75) is 19.7 Å². The molecule has 1 heterocycles. The molecule has 0 unspecified atom stereocenters. The number of hydrogen-bond donors (Lipinski definition) is 1. The molecule has 0 fully saturated rings. The van der Waals surface area contributed by atoms with Gasteiger partial charge in [-0.2, -0.15) is 13.2 Å². The van der Waals surface area contributed by atoms with Gasteiger partial charge in [-0.3, -0.25) is 4.79 Å². The first kappa shape index (κ1) is 22.3. The number of alkyl halides is 3. The lowest BCUT2D eigenvalue weighted by atomic mass is 10.2. The Kier molecular flexibility index (Phi) is 6.91. The van der Waals surface area contributed by atoms with Crippen LogP contribution in [0.4, 0.5) is 18.9 Å². The smallest absolute Gasteiger partial charge is 0.416 e. The van der Waals surface area contributed by atoms with Crippen LogP contribution in [-0.4, -0.2) is 23.5 Å². The van der Waals surface area contributed by atoms with Crippen LogP contribution >= 0.6 is 11.3 Å². The summed E-state index contributed by atoms with van der Waals surface area (Å²) in [6.07, 6.45) is -4.53. The molecule has 0 saturated carbocycles. The molecule has 0 spiro atoms. The summed E-state index contributed by atoms with van der Waals surface area (Å²) >= 11 is 1.50. The number of ether oxygens (including phenoxy) is 2. The minimum absolute atomic E-state index is 0.0523. The summed E-state index contributed by atoms with van der Waals surface area (Å²) in [4.78, 5) is 28.4. The van der Waals surface area contributed by atoms with Crippen molar-refractivity contribution in [1.82, 2.24) is 4.98 Å². The van der Waals surface area contributed by atoms with Crippen LogP contribution < -0.4 is 10.1 Å². The second-order valence-electron chi connectivity index (χ2n) is 6.38. The standard InChI is InChI=1S/C21H17F3N2O4S/c1-13-25-17(12-31-13)10-29-18-7-2-4-14(8-18)20(28)30-11-19(27)26-16-6-3-5-15(9-16)21(22,23)24/h2-9,12H,10-11H2,1H3,(H,26,27). The van der Waals surface area contributed by atoms with E-state index in [1.165, 1.54) is 35.6 Å². The van der Waals surface area contributed by atoms with Crippen LogP contribution in [0, 0.1) is 6.92 Å². The zero-order chi connectivity index (χ0) is 22.4. The molecule has 31 heavy (non-hydrogen) atoms.